The van der Waals surface area contributed by atoms with Crippen LogP contribution in [0.25, 0.3) is 11.3 Å². The molecule has 0 amide bonds. The smallest absolute Gasteiger partial charge is 0.133 e. The highest BCUT2D eigenvalue weighted by molar-refractivity contribution is 5.58. The van der Waals surface area contributed by atoms with Gasteiger partial charge in [0.05, 0.1) is 12.4 Å². The summed E-state index contributed by atoms with van der Waals surface area (Å²) in [5, 5.41) is 10.8. The van der Waals surface area contributed by atoms with Gasteiger partial charge in [0, 0.05) is 63.6 Å². The van der Waals surface area contributed by atoms with E-state index in [-0.39, 0.29) is 12.1 Å². The van der Waals surface area contributed by atoms with E-state index in [0.29, 0.717) is 0 Å². The number of piperazine rings is 1. The first-order chi connectivity index (χ1) is 14.8. The van der Waals surface area contributed by atoms with Crippen LogP contribution in [-0.2, 0) is 6.54 Å². The molecule has 6 nitrogen and oxygen atoms in total. The van der Waals surface area contributed by atoms with Gasteiger partial charge in [0.1, 0.15) is 11.6 Å². The summed E-state index contributed by atoms with van der Waals surface area (Å²) in [6, 6.07) is 18.6. The molecule has 5 rings (SSSR count). The minimum atomic E-state index is -0.306. The Hall–Kier alpha value is -2.67. The minimum Gasteiger partial charge on any atom is -0.464 e. The van der Waals surface area contributed by atoms with Gasteiger partial charge in [0.15, 0.2) is 0 Å². The van der Waals surface area contributed by atoms with Crippen LogP contribution in [0, 0.1) is 0 Å². The predicted octanol–water partition coefficient (Wildman–Crippen LogP) is 2.71. The number of aromatic nitrogens is 1. The van der Waals surface area contributed by atoms with E-state index in [1.165, 1.54) is 5.56 Å². The standard InChI is InChI=1S/C24H28N4O2/c29-22-18-26(16-19-5-3-6-20(15-19)23-7-4-14-30-23)17-21(22)27-10-12-28(13-11-27)24-8-1-2-9-25-24/h1-9,14-15,21-22,29H,10-13,16-18H2/t21-,22-/m0/s1. The number of hydrogen-bond acceptors (Lipinski definition) is 6. The van der Waals surface area contributed by atoms with Gasteiger partial charge in [-0.2, -0.15) is 0 Å². The van der Waals surface area contributed by atoms with Crippen molar-refractivity contribution in [3.63, 3.8) is 0 Å². The van der Waals surface area contributed by atoms with Crippen molar-refractivity contribution < 1.29 is 9.52 Å². The lowest BCUT2D eigenvalue weighted by Gasteiger charge is -2.39. The number of benzene rings is 1. The average molecular weight is 405 g/mol. The number of β-amino-alcohol motifs (C(OH)–C–C–N with tert-alkyl or cyclic N) is 1. The molecule has 1 N–H and O–H groups in total. The largest absolute Gasteiger partial charge is 0.464 e. The molecule has 0 radical (unpaired) electrons. The van der Waals surface area contributed by atoms with Crippen LogP contribution in [-0.4, -0.2) is 71.3 Å². The first-order valence-electron chi connectivity index (χ1n) is 10.7. The van der Waals surface area contributed by atoms with Gasteiger partial charge in [-0.15, -0.1) is 0 Å². The van der Waals surface area contributed by atoms with E-state index in [2.05, 4.69) is 50.0 Å². The van der Waals surface area contributed by atoms with Crippen LogP contribution in [0.4, 0.5) is 5.82 Å². The number of rotatable bonds is 5. The predicted molar refractivity (Wildman–Crippen MR) is 117 cm³/mol. The van der Waals surface area contributed by atoms with Crippen molar-refractivity contribution in [1.29, 1.82) is 0 Å². The van der Waals surface area contributed by atoms with Gasteiger partial charge in [-0.1, -0.05) is 24.3 Å². The second-order valence-corrected chi connectivity index (χ2v) is 8.22. The highest BCUT2D eigenvalue weighted by atomic mass is 16.3. The maximum absolute atomic E-state index is 10.8. The lowest BCUT2D eigenvalue weighted by molar-refractivity contribution is 0.0790. The Morgan fingerprint density at radius 1 is 0.967 bits per heavy atom. The molecule has 2 atom stereocenters. The van der Waals surface area contributed by atoms with E-state index in [1.807, 2.05) is 30.5 Å². The lowest BCUT2D eigenvalue weighted by Crippen LogP contribution is -2.53. The molecule has 1 aromatic carbocycles. The third-order valence-corrected chi connectivity index (χ3v) is 6.23. The van der Waals surface area contributed by atoms with E-state index in [9.17, 15) is 5.11 Å². The number of furan rings is 1. The van der Waals surface area contributed by atoms with Crippen LogP contribution >= 0.6 is 0 Å². The number of aliphatic hydroxyl groups is 1. The summed E-state index contributed by atoms with van der Waals surface area (Å²) in [5.41, 5.74) is 2.34. The van der Waals surface area contributed by atoms with Gasteiger partial charge >= 0.3 is 0 Å². The molecule has 2 aliphatic rings. The zero-order chi connectivity index (χ0) is 20.3. The fourth-order valence-corrected chi connectivity index (χ4v) is 4.68. The second-order valence-electron chi connectivity index (χ2n) is 8.22. The quantitative estimate of drug-likeness (QED) is 0.706. The fraction of sp³-hybridized carbons (Fsp3) is 0.375. The van der Waals surface area contributed by atoms with E-state index in [1.54, 1.807) is 6.26 Å². The number of hydrogen-bond donors (Lipinski definition) is 1. The second kappa shape index (κ2) is 8.60. The van der Waals surface area contributed by atoms with Crippen LogP contribution < -0.4 is 4.90 Å². The zero-order valence-corrected chi connectivity index (χ0v) is 17.1. The Labute approximate surface area is 177 Å². The molecule has 0 bridgehead atoms. The summed E-state index contributed by atoms with van der Waals surface area (Å²) < 4.78 is 5.53. The third kappa shape index (κ3) is 4.12. The monoisotopic (exact) mass is 404 g/mol. The van der Waals surface area contributed by atoms with Gasteiger partial charge in [-0.25, -0.2) is 4.98 Å². The van der Waals surface area contributed by atoms with E-state index < -0.39 is 0 Å². The van der Waals surface area contributed by atoms with Crippen molar-refractivity contribution in [2.75, 3.05) is 44.2 Å². The van der Waals surface area contributed by atoms with Crippen molar-refractivity contribution >= 4 is 5.82 Å². The first-order valence-corrected chi connectivity index (χ1v) is 10.7. The van der Waals surface area contributed by atoms with Crippen molar-refractivity contribution in [2.24, 2.45) is 0 Å². The number of likely N-dealkylation sites (tertiary alicyclic amines) is 1. The van der Waals surface area contributed by atoms with Crippen LogP contribution in [0.15, 0.2) is 71.5 Å². The maximum Gasteiger partial charge on any atom is 0.133 e. The Morgan fingerprint density at radius 2 is 1.87 bits per heavy atom. The van der Waals surface area contributed by atoms with Crippen molar-refractivity contribution in [2.45, 2.75) is 18.7 Å². The number of nitrogens with zero attached hydrogens (tertiary/aromatic N) is 4. The zero-order valence-electron chi connectivity index (χ0n) is 17.1. The Bertz CT molecular complexity index is 939. The third-order valence-electron chi connectivity index (χ3n) is 6.23. The number of aliphatic hydroxyl groups excluding tert-OH is 1. The van der Waals surface area contributed by atoms with Crippen LogP contribution in [0.2, 0.25) is 0 Å². The summed E-state index contributed by atoms with van der Waals surface area (Å²) in [6.45, 7) is 6.28. The van der Waals surface area contributed by atoms with Crippen LogP contribution in [0.3, 0.4) is 0 Å². The maximum atomic E-state index is 10.8. The van der Waals surface area contributed by atoms with E-state index in [4.69, 9.17) is 4.42 Å². The molecular formula is C24H28N4O2. The molecule has 2 aromatic heterocycles. The molecule has 156 valence electrons. The van der Waals surface area contributed by atoms with Crippen LogP contribution in [0.5, 0.6) is 0 Å². The molecule has 0 aliphatic carbocycles. The minimum absolute atomic E-state index is 0.198. The van der Waals surface area contributed by atoms with Gasteiger partial charge in [0.2, 0.25) is 0 Å². The Balaban J connectivity index is 1.18. The van der Waals surface area contributed by atoms with Gasteiger partial charge < -0.3 is 14.4 Å². The molecule has 6 heteroatoms. The SMILES string of the molecule is O[C@H]1CN(Cc2cccc(-c3ccco3)c2)C[C@@H]1N1CCN(c2ccccn2)CC1. The molecule has 2 fully saturated rings. The Kier molecular flexibility index (Phi) is 5.53. The fourth-order valence-electron chi connectivity index (χ4n) is 4.68. The van der Waals surface area contributed by atoms with Crippen molar-refractivity contribution in [1.82, 2.24) is 14.8 Å². The lowest BCUT2D eigenvalue weighted by atomic mass is 10.1. The summed E-state index contributed by atoms with van der Waals surface area (Å²) in [4.78, 5) is 11.6. The summed E-state index contributed by atoms with van der Waals surface area (Å²) in [6.07, 6.45) is 3.25. The van der Waals surface area contributed by atoms with Gasteiger partial charge in [0.25, 0.3) is 0 Å². The molecule has 3 aromatic rings. The number of pyridine rings is 1. The summed E-state index contributed by atoms with van der Waals surface area (Å²) in [5.74, 6) is 1.93. The van der Waals surface area contributed by atoms with E-state index in [0.717, 1.165) is 63.0 Å². The highest BCUT2D eigenvalue weighted by Gasteiger charge is 2.36. The molecule has 2 saturated heterocycles. The number of anilines is 1. The van der Waals surface area contributed by atoms with E-state index >= 15 is 0 Å². The normalized spacial score (nSPS) is 23.2. The van der Waals surface area contributed by atoms with Gasteiger partial charge in [-0.3, -0.25) is 9.80 Å². The molecule has 2 aliphatic heterocycles. The van der Waals surface area contributed by atoms with Gasteiger partial charge in [-0.05, 0) is 35.9 Å². The molecule has 0 spiro atoms. The molecular weight excluding hydrogens is 376 g/mol. The molecule has 4 heterocycles. The first kappa shape index (κ1) is 19.3. The summed E-state index contributed by atoms with van der Waals surface area (Å²) >= 11 is 0. The van der Waals surface area contributed by atoms with Crippen molar-refractivity contribution in [3.8, 4) is 11.3 Å². The molecule has 0 unspecified atom stereocenters. The Morgan fingerprint density at radius 3 is 2.63 bits per heavy atom. The average Bonchev–Trinajstić information content (AvgIpc) is 3.45. The molecule has 0 saturated carbocycles. The topological polar surface area (TPSA) is 56.0 Å². The molecule has 30 heavy (non-hydrogen) atoms. The highest BCUT2D eigenvalue weighted by Crippen LogP contribution is 2.24. The van der Waals surface area contributed by atoms with Crippen LogP contribution in [0.1, 0.15) is 5.56 Å². The summed E-state index contributed by atoms with van der Waals surface area (Å²) in [7, 11) is 0. The van der Waals surface area contributed by atoms with Crippen molar-refractivity contribution in [3.05, 3.63) is 72.6 Å².